The molecule has 0 aliphatic carbocycles. The summed E-state index contributed by atoms with van der Waals surface area (Å²) >= 11 is 0. The summed E-state index contributed by atoms with van der Waals surface area (Å²) in [6, 6.07) is 13.5. The molecule has 0 aliphatic heterocycles. The van der Waals surface area contributed by atoms with Crippen LogP contribution in [0.2, 0.25) is 0 Å². The van der Waals surface area contributed by atoms with Crippen molar-refractivity contribution in [1.29, 1.82) is 0 Å². The fourth-order valence-corrected chi connectivity index (χ4v) is 5.60. The van der Waals surface area contributed by atoms with E-state index in [2.05, 4.69) is 23.8 Å². The first-order valence-electron chi connectivity index (χ1n) is 18.8. The molecule has 3 rings (SSSR count). The van der Waals surface area contributed by atoms with Gasteiger partial charge in [-0.05, 0) is 42.7 Å². The molecule has 0 saturated heterocycles. The van der Waals surface area contributed by atoms with E-state index in [1.54, 1.807) is 12.4 Å². The molecule has 280 valence electrons. The second-order valence-corrected chi connectivity index (χ2v) is 13.1. The Hall–Kier alpha value is -3.95. The van der Waals surface area contributed by atoms with Crippen molar-refractivity contribution in [1.82, 2.24) is 9.97 Å². The first-order chi connectivity index (χ1) is 24.7. The molecule has 1 atom stereocenters. The maximum Gasteiger partial charge on any atom is 0.426 e. The maximum atomic E-state index is 13.7. The fourth-order valence-electron chi connectivity index (χ4n) is 5.60. The highest BCUT2D eigenvalue weighted by Crippen LogP contribution is 2.28. The SMILES string of the molecule is CCCCCCCCCCCCOC(=O)CC(OC(=O)c1ccc(-c2ncc(-c3ccc(OCCCCCCCC)cc3)cn2)cc1)C(F)(F)F. The zero-order valence-electron chi connectivity index (χ0n) is 30.4. The van der Waals surface area contributed by atoms with Crippen LogP contribution in [-0.4, -0.2) is 47.4 Å². The van der Waals surface area contributed by atoms with Crippen LogP contribution in [0.5, 0.6) is 5.75 Å². The molecule has 51 heavy (non-hydrogen) atoms. The van der Waals surface area contributed by atoms with Crippen LogP contribution in [0.25, 0.3) is 22.5 Å². The van der Waals surface area contributed by atoms with Gasteiger partial charge < -0.3 is 14.2 Å². The van der Waals surface area contributed by atoms with Crippen molar-refractivity contribution in [2.75, 3.05) is 13.2 Å². The number of rotatable bonds is 25. The maximum absolute atomic E-state index is 13.7. The Morgan fingerprint density at radius 3 is 1.65 bits per heavy atom. The lowest BCUT2D eigenvalue weighted by atomic mass is 10.1. The summed E-state index contributed by atoms with van der Waals surface area (Å²) in [6.45, 7) is 5.13. The predicted molar refractivity (Wildman–Crippen MR) is 194 cm³/mol. The van der Waals surface area contributed by atoms with E-state index in [-0.39, 0.29) is 12.2 Å². The molecular weight excluding hydrogens is 657 g/mol. The summed E-state index contributed by atoms with van der Waals surface area (Å²) in [5, 5.41) is 0. The summed E-state index contributed by atoms with van der Waals surface area (Å²) in [5.41, 5.74) is 2.21. The van der Waals surface area contributed by atoms with Crippen LogP contribution in [0.1, 0.15) is 133 Å². The van der Waals surface area contributed by atoms with Gasteiger partial charge in [-0.25, -0.2) is 14.8 Å². The molecule has 1 heterocycles. The highest BCUT2D eigenvalue weighted by molar-refractivity contribution is 5.90. The number of esters is 2. The van der Waals surface area contributed by atoms with Gasteiger partial charge >= 0.3 is 18.1 Å². The average Bonchev–Trinajstić information content (AvgIpc) is 3.13. The van der Waals surface area contributed by atoms with Gasteiger partial charge in [-0.3, -0.25) is 4.79 Å². The van der Waals surface area contributed by atoms with E-state index < -0.39 is 30.6 Å². The molecule has 0 spiro atoms. The second kappa shape index (κ2) is 23.5. The van der Waals surface area contributed by atoms with Crippen LogP contribution >= 0.6 is 0 Å². The van der Waals surface area contributed by atoms with E-state index in [1.807, 2.05) is 24.3 Å². The first kappa shape index (κ1) is 41.5. The molecule has 0 saturated carbocycles. The normalized spacial score (nSPS) is 12.0. The molecule has 1 aromatic heterocycles. The van der Waals surface area contributed by atoms with Crippen molar-refractivity contribution in [3.05, 3.63) is 66.5 Å². The standard InChI is InChI=1S/C41H55F3N2O5/c1-3-5-7-9-11-12-13-14-16-18-28-50-38(47)29-37(41(42,43)44)51-40(48)34-21-19-33(20-22-34)39-45-30-35(31-46-39)32-23-25-36(26-24-32)49-27-17-15-10-8-6-4-2/h19-26,30-31,37H,3-18,27-29H2,1-2H3. The van der Waals surface area contributed by atoms with Crippen LogP contribution in [0.15, 0.2) is 60.9 Å². The molecule has 2 aromatic carbocycles. The molecule has 0 bridgehead atoms. The molecule has 0 fully saturated rings. The van der Waals surface area contributed by atoms with E-state index in [1.165, 1.54) is 88.5 Å². The number of nitrogens with zero attached hydrogens (tertiary/aromatic N) is 2. The number of aromatic nitrogens is 2. The summed E-state index contributed by atoms with van der Waals surface area (Å²) in [5.74, 6) is -1.05. The number of alkyl halides is 3. The van der Waals surface area contributed by atoms with E-state index >= 15 is 0 Å². The van der Waals surface area contributed by atoms with Gasteiger partial charge in [0, 0.05) is 23.5 Å². The van der Waals surface area contributed by atoms with Crippen molar-refractivity contribution in [3.8, 4) is 28.3 Å². The van der Waals surface area contributed by atoms with Crippen molar-refractivity contribution >= 4 is 11.9 Å². The Bertz CT molecular complexity index is 1400. The van der Waals surface area contributed by atoms with Gasteiger partial charge in [0.2, 0.25) is 6.10 Å². The minimum atomic E-state index is -4.93. The fraction of sp³-hybridized carbons (Fsp3) is 0.561. The van der Waals surface area contributed by atoms with E-state index in [0.717, 1.165) is 49.0 Å². The lowest BCUT2D eigenvalue weighted by Crippen LogP contribution is -2.36. The Kier molecular flexibility index (Phi) is 19.1. The lowest BCUT2D eigenvalue weighted by molar-refractivity contribution is -0.210. The largest absolute Gasteiger partial charge is 0.494 e. The number of ether oxygens (including phenoxy) is 3. The number of unbranched alkanes of at least 4 members (excludes halogenated alkanes) is 14. The summed E-state index contributed by atoms with van der Waals surface area (Å²) in [4.78, 5) is 33.6. The quantitative estimate of drug-likeness (QED) is 0.0638. The minimum Gasteiger partial charge on any atom is -0.494 e. The number of halogens is 3. The number of benzene rings is 2. The lowest BCUT2D eigenvalue weighted by Gasteiger charge is -2.20. The Balaban J connectivity index is 1.42. The minimum absolute atomic E-state index is 0.0406. The number of carbonyl (C=O) groups is 2. The highest BCUT2D eigenvalue weighted by atomic mass is 19.4. The molecule has 0 radical (unpaired) electrons. The molecule has 7 nitrogen and oxygen atoms in total. The summed E-state index contributed by atoms with van der Waals surface area (Å²) in [7, 11) is 0. The van der Waals surface area contributed by atoms with Crippen molar-refractivity contribution in [3.63, 3.8) is 0 Å². The summed E-state index contributed by atoms with van der Waals surface area (Å²) in [6.07, 6.45) is 12.9. The van der Waals surface area contributed by atoms with Gasteiger partial charge in [0.15, 0.2) is 5.82 Å². The molecular formula is C41H55F3N2O5. The van der Waals surface area contributed by atoms with Crippen molar-refractivity contribution in [2.24, 2.45) is 0 Å². The smallest absolute Gasteiger partial charge is 0.426 e. The highest BCUT2D eigenvalue weighted by Gasteiger charge is 2.44. The third-order valence-electron chi connectivity index (χ3n) is 8.71. The van der Waals surface area contributed by atoms with Crippen molar-refractivity contribution < 1.29 is 37.0 Å². The molecule has 0 amide bonds. The second-order valence-electron chi connectivity index (χ2n) is 13.1. The number of hydrogen-bond acceptors (Lipinski definition) is 7. The Morgan fingerprint density at radius 2 is 1.12 bits per heavy atom. The molecule has 1 unspecified atom stereocenters. The molecule has 3 aromatic rings. The van der Waals surface area contributed by atoms with E-state index in [9.17, 15) is 22.8 Å². The van der Waals surface area contributed by atoms with E-state index in [4.69, 9.17) is 14.2 Å². The average molecular weight is 713 g/mol. The van der Waals surface area contributed by atoms with Gasteiger partial charge in [-0.15, -0.1) is 0 Å². The molecule has 0 aliphatic rings. The van der Waals surface area contributed by atoms with Crippen molar-refractivity contribution in [2.45, 2.75) is 135 Å². The van der Waals surface area contributed by atoms with Crippen LogP contribution in [-0.2, 0) is 14.3 Å². The van der Waals surface area contributed by atoms with Gasteiger partial charge in [0.25, 0.3) is 0 Å². The van der Waals surface area contributed by atoms with Gasteiger partial charge in [0.1, 0.15) is 5.75 Å². The summed E-state index contributed by atoms with van der Waals surface area (Å²) < 4.78 is 56.6. The van der Waals surface area contributed by atoms with Gasteiger partial charge in [0.05, 0.1) is 25.2 Å². The van der Waals surface area contributed by atoms with Crippen LogP contribution < -0.4 is 4.74 Å². The number of hydrogen-bond donors (Lipinski definition) is 0. The zero-order valence-corrected chi connectivity index (χ0v) is 30.4. The van der Waals surface area contributed by atoms with E-state index in [0.29, 0.717) is 24.4 Å². The van der Waals surface area contributed by atoms with Crippen LogP contribution in [0.4, 0.5) is 13.2 Å². The van der Waals surface area contributed by atoms with Gasteiger partial charge in [-0.1, -0.05) is 128 Å². The topological polar surface area (TPSA) is 87.6 Å². The number of carbonyl (C=O) groups excluding carboxylic acids is 2. The predicted octanol–water partition coefficient (Wildman–Crippen LogP) is 11.5. The first-order valence-corrected chi connectivity index (χ1v) is 18.8. The third kappa shape index (κ3) is 16.3. The zero-order chi connectivity index (χ0) is 36.7. The third-order valence-corrected chi connectivity index (χ3v) is 8.71. The Labute approximate surface area is 301 Å². The monoisotopic (exact) mass is 712 g/mol. The molecule has 0 N–H and O–H groups in total. The van der Waals surface area contributed by atoms with Crippen LogP contribution in [0.3, 0.4) is 0 Å². The van der Waals surface area contributed by atoms with Crippen LogP contribution in [0, 0.1) is 0 Å². The van der Waals surface area contributed by atoms with Gasteiger partial charge in [-0.2, -0.15) is 13.2 Å². The Morgan fingerprint density at radius 1 is 0.627 bits per heavy atom. The molecule has 10 heteroatoms.